The van der Waals surface area contributed by atoms with Crippen LogP contribution < -0.4 is 10.2 Å². The summed E-state index contributed by atoms with van der Waals surface area (Å²) in [5, 5.41) is 10.7. The highest BCUT2D eigenvalue weighted by molar-refractivity contribution is 5.96. The van der Waals surface area contributed by atoms with E-state index in [4.69, 9.17) is 13.9 Å². The van der Waals surface area contributed by atoms with Crippen molar-refractivity contribution in [3.8, 4) is 11.5 Å². The van der Waals surface area contributed by atoms with Gasteiger partial charge < -0.3 is 19.0 Å². The van der Waals surface area contributed by atoms with Gasteiger partial charge in [-0.15, -0.1) is 0 Å². The Labute approximate surface area is 178 Å². The van der Waals surface area contributed by atoms with Gasteiger partial charge in [-0.05, 0) is 53.2 Å². The number of carbonyl (C=O) groups is 2. The number of esters is 1. The van der Waals surface area contributed by atoms with Gasteiger partial charge in [-0.25, -0.2) is 0 Å². The van der Waals surface area contributed by atoms with Crippen molar-refractivity contribution in [2.75, 3.05) is 0 Å². The molecule has 0 unspecified atom stereocenters. The molecule has 2 aliphatic heterocycles. The molecule has 1 aromatic carbocycles. The summed E-state index contributed by atoms with van der Waals surface area (Å²) in [5.41, 5.74) is -0.803. The lowest BCUT2D eigenvalue weighted by atomic mass is 9.66. The lowest BCUT2D eigenvalue weighted by molar-refractivity contribution is -0.150. The normalized spacial score (nSPS) is 27.1. The summed E-state index contributed by atoms with van der Waals surface area (Å²) in [6, 6.07) is 1.42. The Morgan fingerprint density at radius 1 is 1.16 bits per heavy atom. The van der Waals surface area contributed by atoms with Crippen LogP contribution in [0.4, 0.5) is 0 Å². The Hall–Kier alpha value is -3.09. The number of ketones is 1. The van der Waals surface area contributed by atoms with E-state index in [-0.39, 0.29) is 40.6 Å². The van der Waals surface area contributed by atoms with Crippen LogP contribution in [0.2, 0.25) is 0 Å². The number of cyclic esters (lactones) is 1. The Kier molecular flexibility index (Phi) is 3.84. The number of fused-ring (bicyclic) bond motifs is 5. The van der Waals surface area contributed by atoms with Crippen LogP contribution >= 0.6 is 0 Å². The smallest absolute Gasteiger partial charge is 0.311 e. The molecule has 1 N–H and O–H groups in total. The summed E-state index contributed by atoms with van der Waals surface area (Å²) >= 11 is 0. The SMILES string of the molecule is CC(=O)[C@H]1c2oc3c4c(cc(O)c3c(=O)c2C[C@@H]2[C@@H]1C(=O)OC2(C)C)OC(C)(C)C=C4. The highest BCUT2D eigenvalue weighted by Crippen LogP contribution is 2.51. The summed E-state index contributed by atoms with van der Waals surface area (Å²) < 4.78 is 17.7. The van der Waals surface area contributed by atoms with Crippen molar-refractivity contribution in [1.29, 1.82) is 0 Å². The monoisotopic (exact) mass is 424 g/mol. The number of ether oxygens (including phenoxy) is 2. The van der Waals surface area contributed by atoms with Crippen molar-refractivity contribution in [2.24, 2.45) is 11.8 Å². The summed E-state index contributed by atoms with van der Waals surface area (Å²) in [6.45, 7) is 8.71. The maximum Gasteiger partial charge on any atom is 0.311 e. The third kappa shape index (κ3) is 2.68. The maximum absolute atomic E-state index is 13.5. The Bertz CT molecular complexity index is 1260. The second kappa shape index (κ2) is 5.99. The highest BCUT2D eigenvalue weighted by Gasteiger charge is 2.58. The number of rotatable bonds is 1. The van der Waals surface area contributed by atoms with Gasteiger partial charge >= 0.3 is 5.97 Å². The molecule has 1 fully saturated rings. The van der Waals surface area contributed by atoms with Gasteiger partial charge in [-0.1, -0.05) is 0 Å². The summed E-state index contributed by atoms with van der Waals surface area (Å²) in [4.78, 5) is 38.9. The molecule has 162 valence electrons. The van der Waals surface area contributed by atoms with Gasteiger partial charge in [0.1, 0.15) is 39.6 Å². The molecule has 1 saturated heterocycles. The first-order chi connectivity index (χ1) is 14.4. The first kappa shape index (κ1) is 19.8. The van der Waals surface area contributed by atoms with Crippen LogP contribution in [-0.4, -0.2) is 28.1 Å². The third-order valence-corrected chi connectivity index (χ3v) is 6.76. The van der Waals surface area contributed by atoms with Crippen molar-refractivity contribution in [2.45, 2.75) is 58.2 Å². The van der Waals surface area contributed by atoms with Crippen molar-refractivity contribution < 1.29 is 28.6 Å². The Morgan fingerprint density at radius 3 is 2.55 bits per heavy atom. The number of phenols is 1. The molecule has 0 radical (unpaired) electrons. The predicted molar refractivity (Wildman–Crippen MR) is 112 cm³/mol. The van der Waals surface area contributed by atoms with Crippen LogP contribution in [0.15, 0.2) is 21.4 Å². The van der Waals surface area contributed by atoms with Crippen LogP contribution in [0.5, 0.6) is 11.5 Å². The van der Waals surface area contributed by atoms with Gasteiger partial charge in [-0.3, -0.25) is 14.4 Å². The average Bonchev–Trinajstić information content (AvgIpc) is 2.87. The number of hydrogen-bond donors (Lipinski definition) is 1. The number of hydrogen-bond acceptors (Lipinski definition) is 7. The lowest BCUT2D eigenvalue weighted by Gasteiger charge is -2.34. The van der Waals surface area contributed by atoms with E-state index in [0.717, 1.165) is 0 Å². The van der Waals surface area contributed by atoms with Gasteiger partial charge in [0.15, 0.2) is 11.0 Å². The molecule has 3 aliphatic rings. The summed E-state index contributed by atoms with van der Waals surface area (Å²) in [5.74, 6) is -2.35. The van der Waals surface area contributed by atoms with Gasteiger partial charge in [0.05, 0.1) is 17.4 Å². The largest absolute Gasteiger partial charge is 0.507 e. The molecule has 3 heterocycles. The zero-order valence-electron chi connectivity index (χ0n) is 18.1. The molecule has 0 saturated carbocycles. The van der Waals surface area contributed by atoms with E-state index in [1.165, 1.54) is 13.0 Å². The number of carbonyl (C=O) groups excluding carboxylic acids is 2. The van der Waals surface area contributed by atoms with Crippen molar-refractivity contribution in [3.05, 3.63) is 39.3 Å². The molecular weight excluding hydrogens is 400 g/mol. The quantitative estimate of drug-likeness (QED) is 0.699. The number of benzene rings is 1. The van der Waals surface area contributed by atoms with Crippen molar-refractivity contribution in [1.82, 2.24) is 0 Å². The number of aromatic hydroxyl groups is 1. The maximum atomic E-state index is 13.5. The molecule has 0 amide bonds. The second-order valence-electron chi connectivity index (χ2n) is 9.77. The van der Waals surface area contributed by atoms with Gasteiger partial charge in [0.25, 0.3) is 0 Å². The van der Waals surface area contributed by atoms with Gasteiger partial charge in [0, 0.05) is 17.5 Å². The molecule has 0 spiro atoms. The van der Waals surface area contributed by atoms with E-state index < -0.39 is 34.4 Å². The fourth-order valence-electron chi connectivity index (χ4n) is 5.25. The van der Waals surface area contributed by atoms with E-state index in [1.807, 2.05) is 19.9 Å². The second-order valence-corrected chi connectivity index (χ2v) is 9.77. The average molecular weight is 424 g/mol. The topological polar surface area (TPSA) is 103 Å². The molecule has 3 atom stereocenters. The van der Waals surface area contributed by atoms with Crippen LogP contribution in [0.3, 0.4) is 0 Å². The molecule has 7 heteroatoms. The zero-order valence-corrected chi connectivity index (χ0v) is 18.1. The Balaban J connectivity index is 1.83. The minimum absolute atomic E-state index is 0.0502. The highest BCUT2D eigenvalue weighted by atomic mass is 16.6. The first-order valence-corrected chi connectivity index (χ1v) is 10.4. The molecule has 0 bridgehead atoms. The molecule has 1 aromatic heterocycles. The number of phenolic OH excluding ortho intramolecular Hbond substituents is 1. The van der Waals surface area contributed by atoms with E-state index in [1.54, 1.807) is 19.9 Å². The van der Waals surface area contributed by atoms with E-state index in [9.17, 15) is 19.5 Å². The zero-order chi connectivity index (χ0) is 22.5. The fourth-order valence-corrected chi connectivity index (χ4v) is 5.25. The fraction of sp³-hybridized carbons (Fsp3) is 0.458. The third-order valence-electron chi connectivity index (χ3n) is 6.76. The molecule has 1 aliphatic carbocycles. The van der Waals surface area contributed by atoms with E-state index in [2.05, 4.69) is 0 Å². The van der Waals surface area contributed by atoms with Crippen molar-refractivity contribution >= 4 is 28.8 Å². The molecule has 7 nitrogen and oxygen atoms in total. The predicted octanol–water partition coefficient (Wildman–Crippen LogP) is 3.48. The van der Waals surface area contributed by atoms with Crippen molar-refractivity contribution in [3.63, 3.8) is 0 Å². The number of Topliss-reactive ketones (excluding diaryl/α,β-unsaturated/α-hetero) is 1. The summed E-state index contributed by atoms with van der Waals surface area (Å²) in [6.07, 6.45) is 3.86. The Morgan fingerprint density at radius 2 is 1.87 bits per heavy atom. The van der Waals surface area contributed by atoms with Gasteiger partial charge in [-0.2, -0.15) is 0 Å². The molecule has 31 heavy (non-hydrogen) atoms. The molecular formula is C24H24O7. The minimum atomic E-state index is -0.914. The standard InChI is InChI=1S/C24H24O7/c1-10(25)16-17-13(24(4,5)31-22(17)28)8-12-19(27)18-14(26)9-15-11(20(18)29-21(12)16)6-7-23(2,3)30-15/h6-7,9,13,16-17,26H,8H2,1-5H3/t13-,16-,17+/m1/s1. The van der Waals surface area contributed by atoms with Crippen LogP contribution in [0, 0.1) is 11.8 Å². The molecule has 5 rings (SSSR count). The first-order valence-electron chi connectivity index (χ1n) is 10.4. The van der Waals surface area contributed by atoms with Crippen LogP contribution in [0.25, 0.3) is 17.0 Å². The van der Waals surface area contributed by atoms with E-state index in [0.29, 0.717) is 16.9 Å². The van der Waals surface area contributed by atoms with Crippen LogP contribution in [-0.2, 0) is 20.7 Å². The molecule has 2 aromatic rings. The summed E-state index contributed by atoms with van der Waals surface area (Å²) in [7, 11) is 0. The van der Waals surface area contributed by atoms with Crippen LogP contribution in [0.1, 0.15) is 57.4 Å². The lowest BCUT2D eigenvalue weighted by Crippen LogP contribution is -2.41. The van der Waals surface area contributed by atoms with Gasteiger partial charge in [0.2, 0.25) is 0 Å². The van der Waals surface area contributed by atoms with E-state index >= 15 is 0 Å². The minimum Gasteiger partial charge on any atom is -0.507 e.